The van der Waals surface area contributed by atoms with Gasteiger partial charge in [0.15, 0.2) is 0 Å². The van der Waals surface area contributed by atoms with Crippen LogP contribution >= 0.6 is 0 Å². The fourth-order valence-corrected chi connectivity index (χ4v) is 4.24. The first-order chi connectivity index (χ1) is 10.9. The molecule has 1 aliphatic heterocycles. The lowest BCUT2D eigenvalue weighted by Gasteiger charge is -2.39. The number of hydrogen-bond donors (Lipinski definition) is 0. The van der Waals surface area contributed by atoms with E-state index in [-0.39, 0.29) is 5.92 Å². The highest BCUT2D eigenvalue weighted by Crippen LogP contribution is 2.40. The Hall–Kier alpha value is -1.39. The predicted molar refractivity (Wildman–Crippen MR) is 89.8 cm³/mol. The van der Waals surface area contributed by atoms with Gasteiger partial charge in [0.1, 0.15) is 12.7 Å². The first kappa shape index (κ1) is 16.5. The summed E-state index contributed by atoms with van der Waals surface area (Å²) in [5, 5.41) is 4.25. The monoisotopic (exact) mass is 318 g/mol. The van der Waals surface area contributed by atoms with E-state index in [0.717, 1.165) is 44.7 Å². The van der Waals surface area contributed by atoms with E-state index in [2.05, 4.69) is 35.8 Å². The first-order valence-electron chi connectivity index (χ1n) is 9.08. The third-order valence-electron chi connectivity index (χ3n) is 5.82. The number of aromatic nitrogens is 3. The molecule has 1 aromatic heterocycles. The highest BCUT2D eigenvalue weighted by Gasteiger charge is 2.35. The zero-order valence-corrected chi connectivity index (χ0v) is 14.7. The highest BCUT2D eigenvalue weighted by atomic mass is 16.2. The largest absolute Gasteiger partial charge is 0.340 e. The van der Waals surface area contributed by atoms with Crippen molar-refractivity contribution >= 4 is 5.91 Å². The van der Waals surface area contributed by atoms with Crippen LogP contribution in [0.15, 0.2) is 12.7 Å². The predicted octanol–water partition coefficient (Wildman–Crippen LogP) is 3.29. The Morgan fingerprint density at radius 3 is 2.48 bits per heavy atom. The topological polar surface area (TPSA) is 51.0 Å². The molecule has 0 unspecified atom stereocenters. The fraction of sp³-hybridized carbons (Fsp3) is 0.833. The van der Waals surface area contributed by atoms with Gasteiger partial charge >= 0.3 is 0 Å². The second-order valence-electron chi connectivity index (χ2n) is 8.37. The molecule has 1 amide bonds. The summed E-state index contributed by atoms with van der Waals surface area (Å²) in [6, 6.07) is 0.293. The van der Waals surface area contributed by atoms with Crippen molar-refractivity contribution in [1.29, 1.82) is 0 Å². The number of rotatable bonds is 2. The van der Waals surface area contributed by atoms with E-state index >= 15 is 0 Å². The van der Waals surface area contributed by atoms with Gasteiger partial charge in [-0.05, 0) is 49.9 Å². The van der Waals surface area contributed by atoms with Gasteiger partial charge in [-0.15, -0.1) is 0 Å². The molecule has 1 saturated heterocycles. The lowest BCUT2D eigenvalue weighted by atomic mass is 9.69. The van der Waals surface area contributed by atoms with Crippen LogP contribution < -0.4 is 0 Å². The molecule has 3 rings (SSSR count). The number of carbonyl (C=O) groups excluding carboxylic acids is 1. The van der Waals surface area contributed by atoms with Crippen LogP contribution in [0, 0.1) is 17.3 Å². The number of nitrogens with zero attached hydrogens (tertiary/aromatic N) is 4. The van der Waals surface area contributed by atoms with Crippen molar-refractivity contribution in [2.45, 2.75) is 65.3 Å². The van der Waals surface area contributed by atoms with E-state index in [0.29, 0.717) is 17.4 Å². The van der Waals surface area contributed by atoms with Gasteiger partial charge in [0, 0.05) is 19.0 Å². The maximum absolute atomic E-state index is 12.9. The SMILES string of the molecule is CC(C)(C)C1CCC(C(=O)N2CCC[C@@H](n3cncn3)C2)CC1. The van der Waals surface area contributed by atoms with Crippen molar-refractivity contribution in [2.24, 2.45) is 17.3 Å². The third-order valence-corrected chi connectivity index (χ3v) is 5.82. The van der Waals surface area contributed by atoms with Crippen LogP contribution in [-0.2, 0) is 4.79 Å². The minimum atomic E-state index is 0.239. The lowest BCUT2D eigenvalue weighted by Crippen LogP contribution is -2.44. The van der Waals surface area contributed by atoms with Gasteiger partial charge in [-0.25, -0.2) is 9.67 Å². The van der Waals surface area contributed by atoms with Crippen molar-refractivity contribution < 1.29 is 4.79 Å². The van der Waals surface area contributed by atoms with Gasteiger partial charge < -0.3 is 4.90 Å². The molecule has 2 aliphatic rings. The molecular formula is C18H30N4O. The van der Waals surface area contributed by atoms with Crippen LogP contribution in [0.5, 0.6) is 0 Å². The zero-order valence-electron chi connectivity index (χ0n) is 14.7. The van der Waals surface area contributed by atoms with Crippen LogP contribution in [0.2, 0.25) is 0 Å². The Labute approximate surface area is 139 Å². The molecule has 5 nitrogen and oxygen atoms in total. The molecule has 2 fully saturated rings. The molecular weight excluding hydrogens is 288 g/mol. The second kappa shape index (κ2) is 6.62. The summed E-state index contributed by atoms with van der Waals surface area (Å²) >= 11 is 0. The molecule has 1 saturated carbocycles. The van der Waals surface area contributed by atoms with E-state index < -0.39 is 0 Å². The summed E-state index contributed by atoms with van der Waals surface area (Å²) in [6.07, 6.45) is 10.0. The van der Waals surface area contributed by atoms with Crippen molar-refractivity contribution in [3.8, 4) is 0 Å². The van der Waals surface area contributed by atoms with Gasteiger partial charge in [0.05, 0.1) is 6.04 Å². The van der Waals surface area contributed by atoms with E-state index in [4.69, 9.17) is 0 Å². The Morgan fingerprint density at radius 2 is 1.87 bits per heavy atom. The summed E-state index contributed by atoms with van der Waals surface area (Å²) in [7, 11) is 0. The van der Waals surface area contributed by atoms with E-state index in [1.54, 1.807) is 12.7 Å². The Kier molecular flexibility index (Phi) is 4.74. The van der Waals surface area contributed by atoms with Crippen LogP contribution in [0.3, 0.4) is 0 Å². The summed E-state index contributed by atoms with van der Waals surface area (Å²) in [5.41, 5.74) is 0.372. The smallest absolute Gasteiger partial charge is 0.225 e. The number of amides is 1. The van der Waals surface area contributed by atoms with Crippen molar-refractivity contribution in [2.75, 3.05) is 13.1 Å². The van der Waals surface area contributed by atoms with Gasteiger partial charge in [-0.3, -0.25) is 4.79 Å². The maximum atomic E-state index is 12.9. The van der Waals surface area contributed by atoms with E-state index in [1.807, 2.05) is 4.68 Å². The average Bonchev–Trinajstić information content (AvgIpc) is 3.08. The molecule has 0 bridgehead atoms. The standard InChI is InChI=1S/C18H30N4O/c1-18(2,3)15-8-6-14(7-9-15)17(23)21-10-4-5-16(11-21)22-13-19-12-20-22/h12-16H,4-11H2,1-3H3/t14?,15?,16-/m1/s1. The molecule has 5 heteroatoms. The Morgan fingerprint density at radius 1 is 1.13 bits per heavy atom. The van der Waals surface area contributed by atoms with Gasteiger partial charge in [0.25, 0.3) is 0 Å². The molecule has 23 heavy (non-hydrogen) atoms. The zero-order chi connectivity index (χ0) is 16.4. The third kappa shape index (κ3) is 3.75. The van der Waals surface area contributed by atoms with Gasteiger partial charge in [-0.2, -0.15) is 5.10 Å². The maximum Gasteiger partial charge on any atom is 0.225 e. The Balaban J connectivity index is 1.56. The number of hydrogen-bond acceptors (Lipinski definition) is 3. The minimum Gasteiger partial charge on any atom is -0.340 e. The number of piperidine rings is 1. The van der Waals surface area contributed by atoms with Gasteiger partial charge in [-0.1, -0.05) is 20.8 Å². The second-order valence-corrected chi connectivity index (χ2v) is 8.37. The van der Waals surface area contributed by atoms with Crippen molar-refractivity contribution in [1.82, 2.24) is 19.7 Å². The molecule has 1 aromatic rings. The summed E-state index contributed by atoms with van der Waals surface area (Å²) < 4.78 is 1.91. The van der Waals surface area contributed by atoms with Gasteiger partial charge in [0.2, 0.25) is 5.91 Å². The lowest BCUT2D eigenvalue weighted by molar-refractivity contribution is -0.139. The molecule has 0 radical (unpaired) electrons. The van der Waals surface area contributed by atoms with Crippen molar-refractivity contribution in [3.63, 3.8) is 0 Å². The Bertz CT molecular complexity index is 512. The molecule has 0 spiro atoms. The van der Waals surface area contributed by atoms with E-state index in [1.165, 1.54) is 12.8 Å². The number of carbonyl (C=O) groups is 1. The van der Waals surface area contributed by atoms with Crippen LogP contribution in [0.25, 0.3) is 0 Å². The minimum absolute atomic E-state index is 0.239. The molecule has 0 N–H and O–H groups in total. The first-order valence-corrected chi connectivity index (χ1v) is 9.08. The number of likely N-dealkylation sites (tertiary alicyclic amines) is 1. The summed E-state index contributed by atoms with van der Waals surface area (Å²) in [4.78, 5) is 19.0. The van der Waals surface area contributed by atoms with Crippen molar-refractivity contribution in [3.05, 3.63) is 12.7 Å². The van der Waals surface area contributed by atoms with Crippen LogP contribution in [0.1, 0.15) is 65.3 Å². The average molecular weight is 318 g/mol. The normalized spacial score (nSPS) is 29.5. The molecule has 0 aromatic carbocycles. The summed E-state index contributed by atoms with van der Waals surface area (Å²) in [6.45, 7) is 8.68. The molecule has 128 valence electrons. The van der Waals surface area contributed by atoms with E-state index in [9.17, 15) is 4.79 Å². The molecule has 1 aliphatic carbocycles. The highest BCUT2D eigenvalue weighted by molar-refractivity contribution is 5.79. The molecule has 2 heterocycles. The quantitative estimate of drug-likeness (QED) is 0.841. The fourth-order valence-electron chi connectivity index (χ4n) is 4.24. The summed E-state index contributed by atoms with van der Waals surface area (Å²) in [5.74, 6) is 1.38. The van der Waals surface area contributed by atoms with Crippen LogP contribution in [0.4, 0.5) is 0 Å². The van der Waals surface area contributed by atoms with Crippen LogP contribution in [-0.4, -0.2) is 38.7 Å². The molecule has 1 atom stereocenters.